The first-order valence-electron chi connectivity index (χ1n) is 6.77. The van der Waals surface area contributed by atoms with Crippen LogP contribution in [-0.2, 0) is 4.79 Å². The van der Waals surface area contributed by atoms with E-state index >= 15 is 0 Å². The fourth-order valence-electron chi connectivity index (χ4n) is 4.14. The van der Waals surface area contributed by atoms with Crippen molar-refractivity contribution >= 4 is 5.91 Å². The van der Waals surface area contributed by atoms with Crippen LogP contribution in [0.3, 0.4) is 0 Å². The molecule has 0 aromatic rings. The maximum absolute atomic E-state index is 12.2. The Morgan fingerprint density at radius 1 is 1.12 bits per heavy atom. The monoisotopic (exact) mass is 220 g/mol. The van der Waals surface area contributed by atoms with E-state index in [2.05, 4.69) is 0 Å². The predicted molar refractivity (Wildman–Crippen MR) is 60.5 cm³/mol. The number of nitrogens with two attached hydrogens (primary N) is 1. The zero-order valence-electron chi connectivity index (χ0n) is 9.69. The second-order valence-corrected chi connectivity index (χ2v) is 6.49. The number of carbonyl (C=O) groups is 1. The van der Waals surface area contributed by atoms with E-state index in [-0.39, 0.29) is 5.54 Å². The minimum absolute atomic E-state index is 0.000337. The van der Waals surface area contributed by atoms with Gasteiger partial charge in [-0.15, -0.1) is 0 Å². The van der Waals surface area contributed by atoms with Gasteiger partial charge in [0.05, 0.1) is 5.54 Å². The second-order valence-electron chi connectivity index (χ2n) is 6.49. The molecule has 3 heteroatoms. The first-order chi connectivity index (χ1) is 7.69. The summed E-state index contributed by atoms with van der Waals surface area (Å²) >= 11 is 0. The third-order valence-electron chi connectivity index (χ3n) is 5.36. The van der Waals surface area contributed by atoms with Gasteiger partial charge in [0.2, 0.25) is 5.91 Å². The standard InChI is InChI=1S/C13H20N2O/c14-13(8-4-5-8)6-15(7-13)12(16)11-9-2-1-3-10(9)11/h8-11H,1-7,14H2. The smallest absolute Gasteiger partial charge is 0.226 e. The summed E-state index contributed by atoms with van der Waals surface area (Å²) in [5.74, 6) is 3.05. The Kier molecular flexibility index (Phi) is 1.66. The van der Waals surface area contributed by atoms with Crippen molar-refractivity contribution in [1.29, 1.82) is 0 Å². The van der Waals surface area contributed by atoms with E-state index in [1.54, 1.807) is 0 Å². The molecule has 3 saturated carbocycles. The average molecular weight is 220 g/mol. The number of fused-ring (bicyclic) bond motifs is 1. The number of amides is 1. The van der Waals surface area contributed by atoms with E-state index in [1.807, 2.05) is 4.90 Å². The highest BCUT2D eigenvalue weighted by atomic mass is 16.2. The van der Waals surface area contributed by atoms with Crippen molar-refractivity contribution in [1.82, 2.24) is 4.90 Å². The molecule has 4 rings (SSSR count). The summed E-state index contributed by atoms with van der Waals surface area (Å²) < 4.78 is 0. The van der Waals surface area contributed by atoms with Crippen LogP contribution in [-0.4, -0.2) is 29.4 Å². The molecule has 2 unspecified atom stereocenters. The van der Waals surface area contributed by atoms with Crippen LogP contribution in [0.2, 0.25) is 0 Å². The number of carbonyl (C=O) groups excluding carboxylic acids is 1. The SMILES string of the molecule is NC1(C2CC2)CN(C(=O)C2C3CCCC32)C1. The van der Waals surface area contributed by atoms with Gasteiger partial charge in [-0.25, -0.2) is 0 Å². The molecule has 1 amide bonds. The van der Waals surface area contributed by atoms with Gasteiger partial charge in [-0.1, -0.05) is 6.42 Å². The first-order valence-corrected chi connectivity index (χ1v) is 6.77. The lowest BCUT2D eigenvalue weighted by Crippen LogP contribution is -2.70. The Labute approximate surface area is 96.4 Å². The molecule has 3 aliphatic carbocycles. The summed E-state index contributed by atoms with van der Waals surface area (Å²) in [4.78, 5) is 14.2. The van der Waals surface area contributed by atoms with Crippen molar-refractivity contribution in [2.75, 3.05) is 13.1 Å². The molecule has 1 saturated heterocycles. The molecule has 0 spiro atoms. The van der Waals surface area contributed by atoms with Crippen LogP contribution < -0.4 is 5.73 Å². The average Bonchev–Trinajstić information content (AvgIpc) is 3.13. The largest absolute Gasteiger partial charge is 0.339 e. The Morgan fingerprint density at radius 3 is 2.31 bits per heavy atom. The molecule has 1 aliphatic heterocycles. The molecule has 0 aromatic carbocycles. The van der Waals surface area contributed by atoms with Crippen LogP contribution in [0.25, 0.3) is 0 Å². The van der Waals surface area contributed by atoms with Crippen LogP contribution in [0.4, 0.5) is 0 Å². The lowest BCUT2D eigenvalue weighted by molar-refractivity contribution is -0.141. The first kappa shape index (κ1) is 9.46. The van der Waals surface area contributed by atoms with Gasteiger partial charge in [0, 0.05) is 19.0 Å². The quantitative estimate of drug-likeness (QED) is 0.754. The summed E-state index contributed by atoms with van der Waals surface area (Å²) in [6.07, 6.45) is 6.51. The Morgan fingerprint density at radius 2 is 1.75 bits per heavy atom. The Bertz CT molecular complexity index is 334. The van der Waals surface area contributed by atoms with Crippen LogP contribution in [0.5, 0.6) is 0 Å². The number of nitrogens with zero attached hydrogens (tertiary/aromatic N) is 1. The highest BCUT2D eigenvalue weighted by molar-refractivity contribution is 5.83. The number of hydrogen-bond donors (Lipinski definition) is 1. The molecular formula is C13H20N2O. The highest BCUT2D eigenvalue weighted by Crippen LogP contribution is 2.58. The zero-order valence-corrected chi connectivity index (χ0v) is 9.69. The van der Waals surface area contributed by atoms with Crippen molar-refractivity contribution < 1.29 is 4.79 Å². The zero-order chi connectivity index (χ0) is 10.9. The highest BCUT2D eigenvalue weighted by Gasteiger charge is 2.60. The van der Waals surface area contributed by atoms with Gasteiger partial charge in [0.25, 0.3) is 0 Å². The topological polar surface area (TPSA) is 46.3 Å². The van der Waals surface area contributed by atoms with Crippen molar-refractivity contribution in [3.63, 3.8) is 0 Å². The molecule has 4 aliphatic rings. The molecule has 1 heterocycles. The van der Waals surface area contributed by atoms with Crippen LogP contribution in [0.15, 0.2) is 0 Å². The summed E-state index contributed by atoms with van der Waals surface area (Å²) in [5.41, 5.74) is 6.28. The fourth-order valence-corrected chi connectivity index (χ4v) is 4.14. The maximum atomic E-state index is 12.2. The molecule has 4 fully saturated rings. The van der Waals surface area contributed by atoms with Crippen molar-refractivity contribution in [3.8, 4) is 0 Å². The van der Waals surface area contributed by atoms with Gasteiger partial charge in [-0.3, -0.25) is 4.79 Å². The van der Waals surface area contributed by atoms with E-state index in [0.717, 1.165) is 30.8 Å². The van der Waals surface area contributed by atoms with E-state index in [4.69, 9.17) is 5.73 Å². The molecule has 2 N–H and O–H groups in total. The van der Waals surface area contributed by atoms with Gasteiger partial charge in [0.15, 0.2) is 0 Å². The minimum atomic E-state index is -0.000337. The van der Waals surface area contributed by atoms with Crippen LogP contribution >= 0.6 is 0 Å². The van der Waals surface area contributed by atoms with Crippen molar-refractivity contribution in [2.24, 2.45) is 29.4 Å². The van der Waals surface area contributed by atoms with Gasteiger partial charge in [-0.2, -0.15) is 0 Å². The van der Waals surface area contributed by atoms with Crippen molar-refractivity contribution in [3.05, 3.63) is 0 Å². The third kappa shape index (κ3) is 1.15. The summed E-state index contributed by atoms with van der Waals surface area (Å²) in [6.45, 7) is 1.68. The van der Waals surface area contributed by atoms with Crippen LogP contribution in [0, 0.1) is 23.7 Å². The fraction of sp³-hybridized carbons (Fsp3) is 0.923. The lowest BCUT2D eigenvalue weighted by atomic mass is 9.85. The lowest BCUT2D eigenvalue weighted by Gasteiger charge is -2.48. The summed E-state index contributed by atoms with van der Waals surface area (Å²) in [5, 5.41) is 0. The maximum Gasteiger partial charge on any atom is 0.226 e. The number of likely N-dealkylation sites (tertiary alicyclic amines) is 1. The van der Waals surface area contributed by atoms with Crippen molar-refractivity contribution in [2.45, 2.75) is 37.6 Å². The Balaban J connectivity index is 1.37. The van der Waals surface area contributed by atoms with Gasteiger partial charge < -0.3 is 10.6 Å². The van der Waals surface area contributed by atoms with E-state index < -0.39 is 0 Å². The summed E-state index contributed by atoms with van der Waals surface area (Å²) in [6, 6.07) is 0. The molecule has 0 bridgehead atoms. The predicted octanol–water partition coefficient (Wildman–Crippen LogP) is 0.982. The number of rotatable bonds is 2. The minimum Gasteiger partial charge on any atom is -0.339 e. The number of hydrogen-bond acceptors (Lipinski definition) is 2. The van der Waals surface area contributed by atoms with Gasteiger partial charge in [-0.05, 0) is 43.4 Å². The molecule has 3 nitrogen and oxygen atoms in total. The van der Waals surface area contributed by atoms with Gasteiger partial charge in [0.1, 0.15) is 0 Å². The third-order valence-corrected chi connectivity index (χ3v) is 5.36. The molecule has 0 aromatic heterocycles. The van der Waals surface area contributed by atoms with Gasteiger partial charge >= 0.3 is 0 Å². The van der Waals surface area contributed by atoms with E-state index in [1.165, 1.54) is 32.1 Å². The normalized spacial score (nSPS) is 43.8. The molecular weight excluding hydrogens is 200 g/mol. The van der Waals surface area contributed by atoms with E-state index in [0.29, 0.717) is 11.8 Å². The molecule has 88 valence electrons. The molecule has 16 heavy (non-hydrogen) atoms. The summed E-state index contributed by atoms with van der Waals surface area (Å²) in [7, 11) is 0. The van der Waals surface area contributed by atoms with Crippen LogP contribution in [0.1, 0.15) is 32.1 Å². The molecule has 0 radical (unpaired) electrons. The Hall–Kier alpha value is -0.570. The van der Waals surface area contributed by atoms with E-state index in [9.17, 15) is 4.79 Å². The second kappa shape index (κ2) is 2.81. The molecule has 2 atom stereocenters.